The van der Waals surface area contributed by atoms with Gasteiger partial charge in [-0.15, -0.1) is 0 Å². The first kappa shape index (κ1) is 16.5. The molecule has 112 valence electrons. The maximum absolute atomic E-state index is 4.50. The van der Waals surface area contributed by atoms with E-state index in [9.17, 15) is 0 Å². The van der Waals surface area contributed by atoms with Gasteiger partial charge < -0.3 is 5.32 Å². The molecule has 21 heavy (non-hydrogen) atoms. The molecular formula is C17H21BrN2S. The maximum atomic E-state index is 4.50. The highest BCUT2D eigenvalue weighted by molar-refractivity contribution is 9.10. The molecule has 0 fully saturated rings. The molecule has 2 unspecified atom stereocenters. The van der Waals surface area contributed by atoms with Crippen molar-refractivity contribution in [2.75, 3.05) is 7.05 Å². The molecule has 0 spiro atoms. The van der Waals surface area contributed by atoms with Gasteiger partial charge >= 0.3 is 0 Å². The SMILES string of the molecule is CNC(c1ccccc1)C(Sc1ncccc1Br)C(C)C. The highest BCUT2D eigenvalue weighted by Crippen LogP contribution is 2.38. The van der Waals surface area contributed by atoms with Crippen molar-refractivity contribution in [1.29, 1.82) is 0 Å². The van der Waals surface area contributed by atoms with Crippen molar-refractivity contribution in [3.63, 3.8) is 0 Å². The summed E-state index contributed by atoms with van der Waals surface area (Å²) in [5.41, 5.74) is 1.32. The monoisotopic (exact) mass is 364 g/mol. The van der Waals surface area contributed by atoms with Crippen LogP contribution in [-0.4, -0.2) is 17.3 Å². The van der Waals surface area contributed by atoms with E-state index in [1.54, 1.807) is 0 Å². The zero-order chi connectivity index (χ0) is 15.2. The van der Waals surface area contributed by atoms with Crippen LogP contribution in [0.4, 0.5) is 0 Å². The first-order valence-electron chi connectivity index (χ1n) is 7.13. The second-order valence-electron chi connectivity index (χ2n) is 5.29. The molecule has 0 bridgehead atoms. The van der Waals surface area contributed by atoms with E-state index in [-0.39, 0.29) is 0 Å². The summed E-state index contributed by atoms with van der Waals surface area (Å²) in [6.07, 6.45) is 1.85. The molecule has 0 aliphatic heterocycles. The first-order valence-corrected chi connectivity index (χ1v) is 8.80. The molecule has 1 aromatic heterocycles. The van der Waals surface area contributed by atoms with E-state index >= 15 is 0 Å². The molecule has 2 aromatic rings. The van der Waals surface area contributed by atoms with Crippen LogP contribution < -0.4 is 5.32 Å². The van der Waals surface area contributed by atoms with Crippen molar-refractivity contribution in [3.8, 4) is 0 Å². The summed E-state index contributed by atoms with van der Waals surface area (Å²) in [4.78, 5) is 4.50. The molecule has 0 saturated carbocycles. The summed E-state index contributed by atoms with van der Waals surface area (Å²) in [5.74, 6) is 0.529. The smallest absolute Gasteiger partial charge is 0.111 e. The van der Waals surface area contributed by atoms with Gasteiger partial charge in [-0.1, -0.05) is 55.9 Å². The largest absolute Gasteiger partial charge is 0.312 e. The molecule has 1 aromatic carbocycles. The van der Waals surface area contributed by atoms with E-state index in [4.69, 9.17) is 0 Å². The van der Waals surface area contributed by atoms with Crippen LogP contribution in [0.25, 0.3) is 0 Å². The number of benzene rings is 1. The van der Waals surface area contributed by atoms with Crippen molar-refractivity contribution in [2.24, 2.45) is 5.92 Å². The second-order valence-corrected chi connectivity index (χ2v) is 7.31. The topological polar surface area (TPSA) is 24.9 Å². The summed E-state index contributed by atoms with van der Waals surface area (Å²) in [6.45, 7) is 4.53. The van der Waals surface area contributed by atoms with Crippen molar-refractivity contribution < 1.29 is 0 Å². The Hall–Kier alpha value is -0.840. The van der Waals surface area contributed by atoms with Gasteiger partial charge in [-0.25, -0.2) is 4.98 Å². The van der Waals surface area contributed by atoms with E-state index in [0.717, 1.165) is 9.50 Å². The predicted octanol–water partition coefficient (Wildman–Crippen LogP) is 4.92. The van der Waals surface area contributed by atoms with Gasteiger partial charge in [0.25, 0.3) is 0 Å². The lowest BCUT2D eigenvalue weighted by Gasteiger charge is -2.30. The number of pyridine rings is 1. The first-order chi connectivity index (χ1) is 10.1. The van der Waals surface area contributed by atoms with Crippen LogP contribution >= 0.6 is 27.7 Å². The molecule has 2 atom stereocenters. The minimum Gasteiger partial charge on any atom is -0.312 e. The van der Waals surface area contributed by atoms with Crippen LogP contribution in [0.15, 0.2) is 58.2 Å². The third kappa shape index (κ3) is 4.31. The van der Waals surface area contributed by atoms with E-state index in [0.29, 0.717) is 17.2 Å². The second kappa shape index (κ2) is 7.97. The summed E-state index contributed by atoms with van der Waals surface area (Å²) in [7, 11) is 2.03. The van der Waals surface area contributed by atoms with Crippen molar-refractivity contribution >= 4 is 27.7 Å². The van der Waals surface area contributed by atoms with Gasteiger partial charge in [0.15, 0.2) is 0 Å². The van der Waals surface area contributed by atoms with Gasteiger partial charge in [-0.05, 0) is 46.6 Å². The summed E-state index contributed by atoms with van der Waals surface area (Å²) in [6, 6.07) is 14.9. The molecular weight excluding hydrogens is 344 g/mol. The van der Waals surface area contributed by atoms with Gasteiger partial charge in [0.2, 0.25) is 0 Å². The Morgan fingerprint density at radius 2 is 1.81 bits per heavy atom. The number of hydrogen-bond donors (Lipinski definition) is 1. The third-order valence-electron chi connectivity index (χ3n) is 3.43. The van der Waals surface area contributed by atoms with Crippen LogP contribution in [0.3, 0.4) is 0 Å². The lowest BCUT2D eigenvalue weighted by molar-refractivity contribution is 0.472. The maximum Gasteiger partial charge on any atom is 0.111 e. The Kier molecular flexibility index (Phi) is 6.27. The number of nitrogens with one attached hydrogen (secondary N) is 1. The van der Waals surface area contributed by atoms with Gasteiger partial charge in [0.1, 0.15) is 5.03 Å². The Bertz CT molecular complexity index is 560. The average Bonchev–Trinajstić information content (AvgIpc) is 2.50. The van der Waals surface area contributed by atoms with Crippen molar-refractivity contribution in [3.05, 3.63) is 58.7 Å². The van der Waals surface area contributed by atoms with Gasteiger partial charge in [0.05, 0.1) is 0 Å². The fourth-order valence-corrected chi connectivity index (χ4v) is 4.15. The lowest BCUT2D eigenvalue weighted by Crippen LogP contribution is -2.31. The summed E-state index contributed by atoms with van der Waals surface area (Å²) >= 11 is 5.43. The van der Waals surface area contributed by atoms with Crippen LogP contribution in [0.2, 0.25) is 0 Å². The minimum atomic E-state index is 0.296. The van der Waals surface area contributed by atoms with E-state index < -0.39 is 0 Å². The minimum absolute atomic E-state index is 0.296. The number of rotatable bonds is 6. The average molecular weight is 365 g/mol. The predicted molar refractivity (Wildman–Crippen MR) is 94.7 cm³/mol. The number of aromatic nitrogens is 1. The third-order valence-corrected chi connectivity index (χ3v) is 5.97. The quantitative estimate of drug-likeness (QED) is 0.736. The number of thioether (sulfide) groups is 1. The normalized spacial score (nSPS) is 14.1. The summed E-state index contributed by atoms with van der Waals surface area (Å²) < 4.78 is 1.06. The molecule has 1 N–H and O–H groups in total. The van der Waals surface area contributed by atoms with Gasteiger partial charge in [-0.2, -0.15) is 0 Å². The standard InChI is InChI=1S/C17H21BrN2S/c1-12(2)16(21-17-14(18)10-7-11-20-17)15(19-3)13-8-5-4-6-9-13/h4-12,15-16,19H,1-3H3. The van der Waals surface area contributed by atoms with E-state index in [1.807, 2.05) is 37.1 Å². The Balaban J connectivity index is 2.28. The van der Waals surface area contributed by atoms with E-state index in [2.05, 4.69) is 70.4 Å². The van der Waals surface area contributed by atoms with Crippen LogP contribution in [0.5, 0.6) is 0 Å². The van der Waals surface area contributed by atoms with Crippen molar-refractivity contribution in [2.45, 2.75) is 30.2 Å². The molecule has 1 heterocycles. The number of hydrogen-bond acceptors (Lipinski definition) is 3. The number of nitrogens with zero attached hydrogens (tertiary/aromatic N) is 1. The molecule has 0 saturated heterocycles. The van der Waals surface area contributed by atoms with Gasteiger partial charge in [-0.3, -0.25) is 0 Å². The molecule has 0 amide bonds. The Morgan fingerprint density at radius 1 is 1.10 bits per heavy atom. The highest BCUT2D eigenvalue weighted by atomic mass is 79.9. The van der Waals surface area contributed by atoms with Crippen LogP contribution in [-0.2, 0) is 0 Å². The fraction of sp³-hybridized carbons (Fsp3) is 0.353. The molecule has 2 nitrogen and oxygen atoms in total. The summed E-state index contributed by atoms with van der Waals surface area (Å²) in [5, 5.41) is 4.93. The van der Waals surface area contributed by atoms with Crippen LogP contribution in [0.1, 0.15) is 25.5 Å². The fourth-order valence-electron chi connectivity index (χ4n) is 2.36. The molecule has 4 heteroatoms. The van der Waals surface area contributed by atoms with E-state index in [1.165, 1.54) is 5.56 Å². The van der Waals surface area contributed by atoms with Gasteiger partial charge in [0, 0.05) is 22.0 Å². The Morgan fingerprint density at radius 3 is 2.38 bits per heavy atom. The highest BCUT2D eigenvalue weighted by Gasteiger charge is 2.26. The molecule has 0 aliphatic rings. The zero-order valence-electron chi connectivity index (χ0n) is 12.6. The van der Waals surface area contributed by atoms with Crippen molar-refractivity contribution in [1.82, 2.24) is 10.3 Å². The zero-order valence-corrected chi connectivity index (χ0v) is 15.0. The molecule has 0 radical (unpaired) electrons. The lowest BCUT2D eigenvalue weighted by atomic mass is 9.96. The van der Waals surface area contributed by atoms with Crippen LogP contribution in [0, 0.1) is 5.92 Å². The molecule has 0 aliphatic carbocycles. The molecule has 2 rings (SSSR count). The number of halogens is 1. The Labute approximate surface area is 139 Å².